The molecule has 0 amide bonds. The van der Waals surface area contributed by atoms with Gasteiger partial charge in [0.25, 0.3) is 0 Å². The minimum Gasteiger partial charge on any atom is -0.400 e. The molecule has 0 heterocycles. The standard InChI is InChI=1S/C13H22N.CH4O.H3N/c1-4-14(5-2,6-3)12-13-10-8-7-9-11-13;1-2;/h7-11H,4-6,12H2,1-3H3;2H,1H3;1H3/q+1;;. The molecule has 0 unspecified atom stereocenters. The molecular formula is C14H29N2O+. The van der Waals surface area contributed by atoms with Crippen molar-refractivity contribution in [2.75, 3.05) is 26.7 Å². The highest BCUT2D eigenvalue weighted by Gasteiger charge is 2.20. The van der Waals surface area contributed by atoms with E-state index in [2.05, 4.69) is 51.1 Å². The van der Waals surface area contributed by atoms with Crippen LogP contribution in [-0.4, -0.2) is 36.3 Å². The van der Waals surface area contributed by atoms with Gasteiger partial charge in [0.05, 0.1) is 19.6 Å². The Morgan fingerprint density at radius 1 is 0.882 bits per heavy atom. The van der Waals surface area contributed by atoms with Crippen molar-refractivity contribution in [3.63, 3.8) is 0 Å². The number of hydrogen-bond acceptors (Lipinski definition) is 2. The topological polar surface area (TPSA) is 55.2 Å². The van der Waals surface area contributed by atoms with Crippen LogP contribution in [0.15, 0.2) is 30.3 Å². The fourth-order valence-corrected chi connectivity index (χ4v) is 1.98. The Morgan fingerprint density at radius 3 is 1.65 bits per heavy atom. The van der Waals surface area contributed by atoms with Crippen LogP contribution in [0.4, 0.5) is 0 Å². The van der Waals surface area contributed by atoms with Crippen LogP contribution in [0.5, 0.6) is 0 Å². The second kappa shape index (κ2) is 10.3. The van der Waals surface area contributed by atoms with Crippen molar-refractivity contribution in [3.8, 4) is 0 Å². The van der Waals surface area contributed by atoms with Crippen LogP contribution in [0.3, 0.4) is 0 Å². The molecule has 17 heavy (non-hydrogen) atoms. The highest BCUT2D eigenvalue weighted by molar-refractivity contribution is 5.13. The number of rotatable bonds is 5. The zero-order chi connectivity index (χ0) is 12.4. The molecule has 0 fully saturated rings. The lowest BCUT2D eigenvalue weighted by Gasteiger charge is -2.35. The van der Waals surface area contributed by atoms with Crippen molar-refractivity contribution < 1.29 is 9.59 Å². The van der Waals surface area contributed by atoms with Crippen LogP contribution < -0.4 is 6.15 Å². The summed E-state index contributed by atoms with van der Waals surface area (Å²) in [5.74, 6) is 0. The number of quaternary nitrogens is 1. The van der Waals surface area contributed by atoms with E-state index in [1.807, 2.05) is 0 Å². The van der Waals surface area contributed by atoms with Gasteiger partial charge in [-0.25, -0.2) is 0 Å². The predicted octanol–water partition coefficient (Wildman–Crippen LogP) is 2.83. The maximum absolute atomic E-state index is 7.00. The molecule has 0 bridgehead atoms. The van der Waals surface area contributed by atoms with Gasteiger partial charge in [0.2, 0.25) is 0 Å². The Labute approximate surface area is 106 Å². The molecule has 0 spiro atoms. The van der Waals surface area contributed by atoms with Gasteiger partial charge in [-0.05, 0) is 20.8 Å². The van der Waals surface area contributed by atoms with Crippen LogP contribution in [-0.2, 0) is 6.54 Å². The van der Waals surface area contributed by atoms with E-state index in [1.54, 1.807) is 0 Å². The summed E-state index contributed by atoms with van der Waals surface area (Å²) in [7, 11) is 1.00. The number of aliphatic hydroxyl groups excluding tert-OH is 1. The summed E-state index contributed by atoms with van der Waals surface area (Å²) in [4.78, 5) is 0. The molecule has 1 rings (SSSR count). The third kappa shape index (κ3) is 5.82. The number of hydrogen-bond donors (Lipinski definition) is 2. The third-order valence-corrected chi connectivity index (χ3v) is 3.37. The first-order valence-corrected chi connectivity index (χ1v) is 6.10. The van der Waals surface area contributed by atoms with Crippen molar-refractivity contribution in [2.45, 2.75) is 27.3 Å². The summed E-state index contributed by atoms with van der Waals surface area (Å²) in [5.41, 5.74) is 1.46. The lowest BCUT2D eigenvalue weighted by atomic mass is 10.2. The van der Waals surface area contributed by atoms with E-state index < -0.39 is 0 Å². The normalized spacial score (nSPS) is 9.94. The molecule has 0 aliphatic carbocycles. The fraction of sp³-hybridized carbons (Fsp3) is 0.571. The summed E-state index contributed by atoms with van der Waals surface area (Å²) in [6, 6.07) is 10.8. The van der Waals surface area contributed by atoms with Gasteiger partial charge >= 0.3 is 0 Å². The van der Waals surface area contributed by atoms with Crippen molar-refractivity contribution in [3.05, 3.63) is 35.9 Å². The van der Waals surface area contributed by atoms with Gasteiger partial charge in [0.15, 0.2) is 0 Å². The van der Waals surface area contributed by atoms with E-state index >= 15 is 0 Å². The average Bonchev–Trinajstić information content (AvgIpc) is 2.40. The monoisotopic (exact) mass is 241 g/mol. The minimum atomic E-state index is 0. The third-order valence-electron chi connectivity index (χ3n) is 3.37. The van der Waals surface area contributed by atoms with Crippen molar-refractivity contribution in [2.24, 2.45) is 0 Å². The van der Waals surface area contributed by atoms with Gasteiger partial charge in [0, 0.05) is 12.7 Å². The molecule has 0 atom stereocenters. The van der Waals surface area contributed by atoms with Gasteiger partial charge in [0.1, 0.15) is 6.54 Å². The SMILES string of the molecule is CC[N+](CC)(CC)Cc1ccccc1.CO.N. The predicted molar refractivity (Wildman–Crippen MR) is 75.2 cm³/mol. The molecule has 0 radical (unpaired) electrons. The molecule has 0 saturated heterocycles. The summed E-state index contributed by atoms with van der Waals surface area (Å²) >= 11 is 0. The minimum absolute atomic E-state index is 0. The lowest BCUT2D eigenvalue weighted by molar-refractivity contribution is -0.936. The molecule has 3 heteroatoms. The largest absolute Gasteiger partial charge is 0.400 e. The smallest absolute Gasteiger partial charge is 0.104 e. The Hall–Kier alpha value is -0.900. The molecule has 0 aliphatic rings. The molecule has 0 saturated carbocycles. The quantitative estimate of drug-likeness (QED) is 0.779. The molecular weight excluding hydrogens is 212 g/mol. The van der Waals surface area contributed by atoms with Gasteiger partial charge in [-0.2, -0.15) is 0 Å². The number of benzene rings is 1. The number of aliphatic hydroxyl groups is 1. The van der Waals surface area contributed by atoms with Crippen LogP contribution in [0.25, 0.3) is 0 Å². The summed E-state index contributed by atoms with van der Waals surface area (Å²) in [6.07, 6.45) is 0. The van der Waals surface area contributed by atoms with Gasteiger partial charge < -0.3 is 15.7 Å². The van der Waals surface area contributed by atoms with Crippen molar-refractivity contribution >= 4 is 0 Å². The number of nitrogens with zero attached hydrogens (tertiary/aromatic N) is 1. The molecule has 0 aromatic heterocycles. The molecule has 3 nitrogen and oxygen atoms in total. The highest BCUT2D eigenvalue weighted by atomic mass is 16.2. The van der Waals surface area contributed by atoms with E-state index in [0.717, 1.165) is 7.11 Å². The molecule has 100 valence electrons. The first-order valence-electron chi connectivity index (χ1n) is 6.10. The van der Waals surface area contributed by atoms with E-state index in [1.165, 1.54) is 36.2 Å². The van der Waals surface area contributed by atoms with E-state index in [4.69, 9.17) is 5.11 Å². The molecule has 1 aromatic carbocycles. The van der Waals surface area contributed by atoms with Crippen molar-refractivity contribution in [1.82, 2.24) is 6.15 Å². The van der Waals surface area contributed by atoms with Gasteiger partial charge in [-0.15, -0.1) is 0 Å². The Bertz CT molecular complexity index is 250. The second-order valence-corrected chi connectivity index (χ2v) is 3.93. The lowest BCUT2D eigenvalue weighted by Crippen LogP contribution is -2.46. The maximum Gasteiger partial charge on any atom is 0.104 e. The highest BCUT2D eigenvalue weighted by Crippen LogP contribution is 2.13. The Kier molecular flexibility index (Phi) is 11.2. The zero-order valence-corrected chi connectivity index (χ0v) is 11.8. The molecule has 4 N–H and O–H groups in total. The summed E-state index contributed by atoms with van der Waals surface area (Å²) in [6.45, 7) is 11.7. The summed E-state index contributed by atoms with van der Waals surface area (Å²) < 4.78 is 1.20. The zero-order valence-electron chi connectivity index (χ0n) is 11.8. The fourth-order valence-electron chi connectivity index (χ4n) is 1.98. The first-order chi connectivity index (χ1) is 7.76. The molecule has 1 aromatic rings. The van der Waals surface area contributed by atoms with E-state index in [0.29, 0.717) is 0 Å². The van der Waals surface area contributed by atoms with Crippen LogP contribution in [0.2, 0.25) is 0 Å². The van der Waals surface area contributed by atoms with Crippen LogP contribution in [0.1, 0.15) is 26.3 Å². The Morgan fingerprint density at radius 2 is 1.29 bits per heavy atom. The molecule has 0 aliphatic heterocycles. The van der Waals surface area contributed by atoms with Crippen LogP contribution >= 0.6 is 0 Å². The van der Waals surface area contributed by atoms with Crippen LogP contribution in [0, 0.1) is 0 Å². The van der Waals surface area contributed by atoms with E-state index in [-0.39, 0.29) is 6.15 Å². The maximum atomic E-state index is 7.00. The Balaban J connectivity index is 0. The first kappa shape index (κ1) is 18.5. The van der Waals surface area contributed by atoms with E-state index in [9.17, 15) is 0 Å². The van der Waals surface area contributed by atoms with Crippen molar-refractivity contribution in [1.29, 1.82) is 0 Å². The average molecular weight is 241 g/mol. The van der Waals surface area contributed by atoms with Gasteiger partial charge in [-0.3, -0.25) is 0 Å². The van der Waals surface area contributed by atoms with Gasteiger partial charge in [-0.1, -0.05) is 30.3 Å². The second-order valence-electron chi connectivity index (χ2n) is 3.93. The summed E-state index contributed by atoms with van der Waals surface area (Å²) in [5, 5.41) is 7.00.